The van der Waals surface area contributed by atoms with Crippen LogP contribution in [-0.2, 0) is 9.59 Å². The standard InChI is InChI=1S/C9H13NO2/c1-3-7(2)6-10-5-4-8(11)9(10)12/h2-6H2,1H3. The molecule has 0 spiro atoms. The van der Waals surface area contributed by atoms with Crippen LogP contribution in [0, 0.1) is 0 Å². The highest BCUT2D eigenvalue weighted by Gasteiger charge is 2.28. The fourth-order valence-corrected chi connectivity index (χ4v) is 1.15. The Bertz CT molecular complexity index is 233. The Morgan fingerprint density at radius 1 is 1.58 bits per heavy atom. The fraction of sp³-hybridized carbons (Fsp3) is 0.556. The molecule has 1 amide bonds. The summed E-state index contributed by atoms with van der Waals surface area (Å²) in [6.07, 6.45) is 1.23. The number of hydrogen-bond donors (Lipinski definition) is 0. The van der Waals surface area contributed by atoms with Gasteiger partial charge >= 0.3 is 0 Å². The van der Waals surface area contributed by atoms with Crippen LogP contribution in [0.4, 0.5) is 0 Å². The Hall–Kier alpha value is -1.12. The highest BCUT2D eigenvalue weighted by Crippen LogP contribution is 2.09. The van der Waals surface area contributed by atoms with Crippen molar-refractivity contribution in [2.24, 2.45) is 0 Å². The van der Waals surface area contributed by atoms with Crippen LogP contribution < -0.4 is 0 Å². The van der Waals surface area contributed by atoms with Crippen molar-refractivity contribution in [3.63, 3.8) is 0 Å². The molecule has 0 radical (unpaired) electrons. The topological polar surface area (TPSA) is 37.4 Å². The third-order valence-corrected chi connectivity index (χ3v) is 2.05. The van der Waals surface area contributed by atoms with Crippen molar-refractivity contribution in [2.45, 2.75) is 19.8 Å². The molecule has 0 N–H and O–H groups in total. The highest BCUT2D eigenvalue weighted by molar-refractivity contribution is 6.37. The Kier molecular flexibility index (Phi) is 2.63. The van der Waals surface area contributed by atoms with E-state index in [0.29, 0.717) is 19.5 Å². The molecule has 0 aliphatic carbocycles. The first-order chi connectivity index (χ1) is 5.65. The molecule has 1 fully saturated rings. The van der Waals surface area contributed by atoms with Crippen LogP contribution in [0.3, 0.4) is 0 Å². The number of nitrogens with zero attached hydrogens (tertiary/aromatic N) is 1. The summed E-state index contributed by atoms with van der Waals surface area (Å²) in [5, 5.41) is 0. The molecule has 0 aromatic carbocycles. The average molecular weight is 167 g/mol. The lowest BCUT2D eigenvalue weighted by Crippen LogP contribution is -2.29. The molecule has 0 bridgehead atoms. The summed E-state index contributed by atoms with van der Waals surface area (Å²) in [6.45, 7) is 6.89. The van der Waals surface area contributed by atoms with Gasteiger partial charge in [0.25, 0.3) is 5.91 Å². The lowest BCUT2D eigenvalue weighted by Gasteiger charge is -2.14. The largest absolute Gasteiger partial charge is 0.332 e. The molecule has 12 heavy (non-hydrogen) atoms. The number of Topliss-reactive ketones (excluding diaryl/α,β-unsaturated/α-hetero) is 1. The summed E-state index contributed by atoms with van der Waals surface area (Å²) < 4.78 is 0. The lowest BCUT2D eigenvalue weighted by atomic mass is 10.2. The van der Waals surface area contributed by atoms with Gasteiger partial charge in [0.2, 0.25) is 5.78 Å². The van der Waals surface area contributed by atoms with Gasteiger partial charge < -0.3 is 4.90 Å². The molecule has 0 atom stereocenters. The third kappa shape index (κ3) is 1.72. The van der Waals surface area contributed by atoms with E-state index in [4.69, 9.17) is 0 Å². The normalized spacial score (nSPS) is 17.2. The van der Waals surface area contributed by atoms with Crippen molar-refractivity contribution >= 4 is 11.7 Å². The van der Waals surface area contributed by atoms with Gasteiger partial charge in [-0.3, -0.25) is 9.59 Å². The predicted molar refractivity (Wildman–Crippen MR) is 45.6 cm³/mol. The molecule has 0 aromatic heterocycles. The zero-order valence-corrected chi connectivity index (χ0v) is 7.30. The molecule has 66 valence electrons. The second kappa shape index (κ2) is 3.52. The maximum absolute atomic E-state index is 11.1. The smallest absolute Gasteiger partial charge is 0.290 e. The van der Waals surface area contributed by atoms with Gasteiger partial charge in [-0.1, -0.05) is 19.1 Å². The Labute approximate surface area is 72.0 Å². The van der Waals surface area contributed by atoms with Crippen LogP contribution in [0.15, 0.2) is 12.2 Å². The van der Waals surface area contributed by atoms with Gasteiger partial charge in [0.05, 0.1) is 0 Å². The van der Waals surface area contributed by atoms with Crippen molar-refractivity contribution in [3.05, 3.63) is 12.2 Å². The summed E-state index contributed by atoms with van der Waals surface area (Å²) in [6, 6.07) is 0. The van der Waals surface area contributed by atoms with E-state index in [9.17, 15) is 9.59 Å². The van der Waals surface area contributed by atoms with E-state index < -0.39 is 0 Å². The zero-order valence-electron chi connectivity index (χ0n) is 7.30. The van der Waals surface area contributed by atoms with Crippen molar-refractivity contribution in [1.82, 2.24) is 4.90 Å². The molecule has 3 nitrogen and oxygen atoms in total. The monoisotopic (exact) mass is 167 g/mol. The van der Waals surface area contributed by atoms with E-state index in [1.807, 2.05) is 6.92 Å². The molecule has 3 heteroatoms. The summed E-state index contributed by atoms with van der Waals surface area (Å²) in [4.78, 5) is 23.5. The van der Waals surface area contributed by atoms with Gasteiger partial charge in [0.1, 0.15) is 0 Å². The highest BCUT2D eigenvalue weighted by atomic mass is 16.2. The van der Waals surface area contributed by atoms with Gasteiger partial charge in [-0.25, -0.2) is 0 Å². The summed E-state index contributed by atoms with van der Waals surface area (Å²) >= 11 is 0. The Balaban J connectivity index is 2.50. The van der Waals surface area contributed by atoms with Crippen molar-refractivity contribution in [1.29, 1.82) is 0 Å². The number of carbonyl (C=O) groups excluding carboxylic acids is 2. The molecular formula is C9H13NO2. The quantitative estimate of drug-likeness (QED) is 0.459. The molecule has 0 unspecified atom stereocenters. The maximum atomic E-state index is 11.1. The van der Waals surface area contributed by atoms with Gasteiger partial charge in [0.15, 0.2) is 0 Å². The molecule has 1 heterocycles. The maximum Gasteiger partial charge on any atom is 0.290 e. The first-order valence-corrected chi connectivity index (χ1v) is 4.14. The molecular weight excluding hydrogens is 154 g/mol. The number of hydrogen-bond acceptors (Lipinski definition) is 2. The predicted octanol–water partition coefficient (Wildman–Crippen LogP) is 0.754. The lowest BCUT2D eigenvalue weighted by molar-refractivity contribution is -0.139. The van der Waals surface area contributed by atoms with Gasteiger partial charge in [0, 0.05) is 19.5 Å². The minimum atomic E-state index is -0.343. The molecule has 1 aliphatic heterocycles. The fourth-order valence-electron chi connectivity index (χ4n) is 1.15. The number of rotatable bonds is 3. The van der Waals surface area contributed by atoms with Gasteiger partial charge in [-0.2, -0.15) is 0 Å². The summed E-state index contributed by atoms with van der Waals surface area (Å²) in [5.74, 6) is -0.608. The van der Waals surface area contributed by atoms with Crippen LogP contribution in [0.1, 0.15) is 19.8 Å². The number of carbonyl (C=O) groups is 2. The Morgan fingerprint density at radius 3 is 2.67 bits per heavy atom. The first kappa shape index (κ1) is 8.97. The van der Waals surface area contributed by atoms with E-state index in [2.05, 4.69) is 6.58 Å². The molecule has 0 aromatic rings. The molecule has 1 rings (SSSR count). The minimum Gasteiger partial charge on any atom is -0.332 e. The van der Waals surface area contributed by atoms with Crippen LogP contribution in [0.25, 0.3) is 0 Å². The van der Waals surface area contributed by atoms with Gasteiger partial charge in [-0.05, 0) is 6.42 Å². The summed E-state index contributed by atoms with van der Waals surface area (Å²) in [5.41, 5.74) is 0.998. The van der Waals surface area contributed by atoms with Crippen molar-refractivity contribution in [2.75, 3.05) is 13.1 Å². The zero-order chi connectivity index (χ0) is 9.14. The number of amides is 1. The molecule has 1 saturated heterocycles. The van der Waals surface area contributed by atoms with E-state index in [1.54, 1.807) is 4.90 Å². The first-order valence-electron chi connectivity index (χ1n) is 4.14. The number of ketones is 1. The van der Waals surface area contributed by atoms with E-state index in [0.717, 1.165) is 12.0 Å². The third-order valence-electron chi connectivity index (χ3n) is 2.05. The second-order valence-electron chi connectivity index (χ2n) is 3.00. The second-order valence-corrected chi connectivity index (χ2v) is 3.00. The number of likely N-dealkylation sites (tertiary alicyclic amines) is 1. The summed E-state index contributed by atoms with van der Waals surface area (Å²) in [7, 11) is 0. The van der Waals surface area contributed by atoms with E-state index >= 15 is 0 Å². The van der Waals surface area contributed by atoms with Crippen molar-refractivity contribution < 1.29 is 9.59 Å². The van der Waals surface area contributed by atoms with E-state index in [1.165, 1.54) is 0 Å². The van der Waals surface area contributed by atoms with Gasteiger partial charge in [-0.15, -0.1) is 0 Å². The SMILES string of the molecule is C=C(CC)CN1CCC(=O)C1=O. The Morgan fingerprint density at radius 2 is 2.25 bits per heavy atom. The van der Waals surface area contributed by atoms with Crippen LogP contribution in [-0.4, -0.2) is 29.7 Å². The van der Waals surface area contributed by atoms with Crippen LogP contribution in [0.5, 0.6) is 0 Å². The molecule has 1 aliphatic rings. The minimum absolute atomic E-state index is 0.265. The molecule has 0 saturated carbocycles. The van der Waals surface area contributed by atoms with Crippen LogP contribution >= 0.6 is 0 Å². The average Bonchev–Trinajstić information content (AvgIpc) is 2.36. The van der Waals surface area contributed by atoms with Crippen LogP contribution in [0.2, 0.25) is 0 Å². The van der Waals surface area contributed by atoms with Crippen molar-refractivity contribution in [3.8, 4) is 0 Å². The van der Waals surface area contributed by atoms with E-state index in [-0.39, 0.29) is 11.7 Å².